The van der Waals surface area contributed by atoms with Gasteiger partial charge in [0, 0.05) is 42.9 Å². The zero-order chi connectivity index (χ0) is 29.6. The Balaban J connectivity index is 1.76. The van der Waals surface area contributed by atoms with Crippen LogP contribution in [0, 0.1) is 40.4 Å². The van der Waals surface area contributed by atoms with Gasteiger partial charge in [0.1, 0.15) is 5.78 Å². The molecule has 40 heavy (non-hydrogen) atoms. The number of ether oxygens (including phenoxy) is 3. The van der Waals surface area contributed by atoms with Gasteiger partial charge in [-0.1, -0.05) is 53.2 Å². The van der Waals surface area contributed by atoms with Crippen molar-refractivity contribution in [2.45, 2.75) is 92.5 Å². The summed E-state index contributed by atoms with van der Waals surface area (Å²) in [5, 5.41) is 0. The SMILES string of the molecule is CCC(=O)OC(OC(=O)CC)(OC(=O)CC)C(=O)[C@H]1C(C)C[C@H]2[C@@H]3CCC4=CC(=O)C=C[C@]4(C)[C@H]3C(=O)C[C@]12C. The van der Waals surface area contributed by atoms with Gasteiger partial charge in [-0.2, -0.15) is 0 Å². The van der Waals surface area contributed by atoms with Crippen LogP contribution in [0.5, 0.6) is 0 Å². The molecule has 0 spiro atoms. The fourth-order valence-corrected chi connectivity index (χ4v) is 8.03. The van der Waals surface area contributed by atoms with Crippen LogP contribution in [0.3, 0.4) is 0 Å². The molecule has 1 unspecified atom stereocenters. The van der Waals surface area contributed by atoms with Crippen LogP contribution in [0.25, 0.3) is 0 Å². The molecule has 0 N–H and O–H groups in total. The second-order valence-corrected chi connectivity index (χ2v) is 12.2. The van der Waals surface area contributed by atoms with Gasteiger partial charge in [-0.25, -0.2) is 0 Å². The molecular formula is C31H40O9. The molecule has 0 heterocycles. The highest BCUT2D eigenvalue weighted by Gasteiger charge is 2.68. The minimum atomic E-state index is -2.86. The molecule has 218 valence electrons. The second-order valence-electron chi connectivity index (χ2n) is 12.2. The topological polar surface area (TPSA) is 130 Å². The average Bonchev–Trinajstić information content (AvgIpc) is 3.17. The van der Waals surface area contributed by atoms with Gasteiger partial charge in [0.2, 0.25) is 0 Å². The molecule has 0 aromatic rings. The van der Waals surface area contributed by atoms with E-state index in [1.165, 1.54) is 26.8 Å². The number of Topliss-reactive ketones (excluding diaryl/α,β-unsaturated/α-hetero) is 2. The van der Waals surface area contributed by atoms with Crippen LogP contribution < -0.4 is 0 Å². The summed E-state index contributed by atoms with van der Waals surface area (Å²) in [6, 6.07) is 0. The Kier molecular flexibility index (Phi) is 8.00. The average molecular weight is 557 g/mol. The fourth-order valence-electron chi connectivity index (χ4n) is 8.03. The van der Waals surface area contributed by atoms with Gasteiger partial charge in [0.25, 0.3) is 5.78 Å². The Morgan fingerprint density at radius 3 is 2.02 bits per heavy atom. The van der Waals surface area contributed by atoms with Crippen molar-refractivity contribution in [1.29, 1.82) is 0 Å². The Labute approximate surface area is 235 Å². The zero-order valence-electron chi connectivity index (χ0n) is 24.2. The molecule has 3 saturated carbocycles. The van der Waals surface area contributed by atoms with E-state index >= 15 is 0 Å². The highest BCUT2D eigenvalue weighted by molar-refractivity contribution is 6.02. The lowest BCUT2D eigenvalue weighted by Crippen LogP contribution is -2.59. The summed E-state index contributed by atoms with van der Waals surface area (Å²) in [7, 11) is 0. The van der Waals surface area contributed by atoms with Gasteiger partial charge in [0.15, 0.2) is 5.78 Å². The van der Waals surface area contributed by atoms with Crippen molar-refractivity contribution in [3.05, 3.63) is 23.8 Å². The van der Waals surface area contributed by atoms with Crippen molar-refractivity contribution in [3.63, 3.8) is 0 Å². The van der Waals surface area contributed by atoms with E-state index in [0.717, 1.165) is 5.57 Å². The quantitative estimate of drug-likeness (QED) is 0.315. The van der Waals surface area contributed by atoms with Gasteiger partial charge in [0.05, 0.1) is 0 Å². The zero-order valence-corrected chi connectivity index (χ0v) is 24.2. The van der Waals surface area contributed by atoms with Gasteiger partial charge >= 0.3 is 23.9 Å². The molecule has 0 amide bonds. The third-order valence-electron chi connectivity index (χ3n) is 9.79. The summed E-state index contributed by atoms with van der Waals surface area (Å²) in [6.45, 7) is 10.4. The molecule has 0 saturated heterocycles. The number of fused-ring (bicyclic) bond motifs is 5. The minimum absolute atomic E-state index is 0.00927. The summed E-state index contributed by atoms with van der Waals surface area (Å²) >= 11 is 0. The molecule has 0 bridgehead atoms. The molecule has 4 rings (SSSR count). The summed E-state index contributed by atoms with van der Waals surface area (Å²) in [5.41, 5.74) is -0.434. The first kappa shape index (κ1) is 29.9. The molecule has 4 aliphatic rings. The van der Waals surface area contributed by atoms with Crippen molar-refractivity contribution in [3.8, 4) is 0 Å². The van der Waals surface area contributed by atoms with E-state index in [1.807, 2.05) is 26.8 Å². The lowest BCUT2D eigenvalue weighted by molar-refractivity contribution is -0.314. The number of carbonyl (C=O) groups excluding carboxylic acids is 6. The van der Waals surface area contributed by atoms with Gasteiger partial charge < -0.3 is 14.2 Å². The Morgan fingerprint density at radius 2 is 1.50 bits per heavy atom. The Morgan fingerprint density at radius 1 is 0.950 bits per heavy atom. The van der Waals surface area contributed by atoms with Crippen LogP contribution >= 0.6 is 0 Å². The van der Waals surface area contributed by atoms with Crippen molar-refractivity contribution in [2.75, 3.05) is 0 Å². The smallest absolute Gasteiger partial charge is 0.382 e. The molecule has 0 aromatic heterocycles. The van der Waals surface area contributed by atoms with Gasteiger partial charge in [-0.3, -0.25) is 28.8 Å². The van der Waals surface area contributed by atoms with E-state index in [1.54, 1.807) is 6.08 Å². The Hall–Kier alpha value is -3.10. The normalized spacial score (nSPS) is 34.6. The summed E-state index contributed by atoms with van der Waals surface area (Å²) < 4.78 is 16.2. The molecule has 9 heteroatoms. The van der Waals surface area contributed by atoms with E-state index < -0.39 is 46.4 Å². The number of esters is 3. The Bertz CT molecular complexity index is 1150. The predicted molar refractivity (Wildman–Crippen MR) is 142 cm³/mol. The van der Waals surface area contributed by atoms with E-state index in [4.69, 9.17) is 14.2 Å². The summed E-state index contributed by atoms with van der Waals surface area (Å²) in [6.07, 6.45) is 6.73. The van der Waals surface area contributed by atoms with Crippen LogP contribution in [-0.4, -0.2) is 41.2 Å². The predicted octanol–water partition coefficient (Wildman–Crippen LogP) is 4.42. The maximum Gasteiger partial charge on any atom is 0.489 e. The van der Waals surface area contributed by atoms with Crippen LogP contribution in [-0.2, 0) is 43.0 Å². The molecule has 7 atom stereocenters. The van der Waals surface area contributed by atoms with Crippen molar-refractivity contribution in [2.24, 2.45) is 40.4 Å². The largest absolute Gasteiger partial charge is 0.489 e. The van der Waals surface area contributed by atoms with Gasteiger partial charge in [-0.05, 0) is 54.6 Å². The number of allylic oxidation sites excluding steroid dienone is 4. The fraction of sp³-hybridized carbons (Fsp3) is 0.677. The summed E-state index contributed by atoms with van der Waals surface area (Å²) in [5.74, 6) is -7.90. The number of ketones is 3. The number of hydrogen-bond donors (Lipinski definition) is 0. The number of rotatable bonds is 8. The molecule has 3 fully saturated rings. The third kappa shape index (κ3) is 4.75. The van der Waals surface area contributed by atoms with Gasteiger partial charge in [-0.15, -0.1) is 0 Å². The highest BCUT2D eigenvalue weighted by atomic mass is 16.9. The summed E-state index contributed by atoms with van der Waals surface area (Å²) in [4.78, 5) is 78.1. The monoisotopic (exact) mass is 556 g/mol. The standard InChI is InChI=1S/C31H40O9/c1-7-23(34)38-31(39-24(35)8-2,40-25(36)9-3)28(37)26-17(4)14-21-20-11-10-18-15-19(32)12-13-29(18,5)27(20)22(33)16-30(21,26)6/h12-13,15,17,20-21,26-27H,7-11,14,16H2,1-6H3/t17?,20-,21-,26+,27+,29-,30-/m0/s1. The lowest BCUT2D eigenvalue weighted by Gasteiger charge is -2.55. The van der Waals surface area contributed by atoms with Crippen LogP contribution in [0.1, 0.15) is 86.5 Å². The first-order valence-electron chi connectivity index (χ1n) is 14.4. The second kappa shape index (κ2) is 10.7. The molecule has 0 aliphatic heterocycles. The third-order valence-corrected chi connectivity index (χ3v) is 9.79. The molecule has 4 aliphatic carbocycles. The first-order valence-corrected chi connectivity index (χ1v) is 14.4. The van der Waals surface area contributed by atoms with Crippen LogP contribution in [0.4, 0.5) is 0 Å². The molecule has 9 nitrogen and oxygen atoms in total. The van der Waals surface area contributed by atoms with E-state index in [-0.39, 0.29) is 60.9 Å². The van der Waals surface area contributed by atoms with E-state index in [0.29, 0.717) is 19.3 Å². The molecule has 0 aromatic carbocycles. The molecular weight excluding hydrogens is 516 g/mol. The van der Waals surface area contributed by atoms with Crippen molar-refractivity contribution in [1.82, 2.24) is 0 Å². The van der Waals surface area contributed by atoms with Crippen molar-refractivity contribution < 1.29 is 43.0 Å². The maximum absolute atomic E-state index is 14.5. The number of hydrogen-bond acceptors (Lipinski definition) is 9. The first-order chi connectivity index (χ1) is 18.8. The lowest BCUT2D eigenvalue weighted by atomic mass is 9.47. The maximum atomic E-state index is 14.5. The highest BCUT2D eigenvalue weighted by Crippen LogP contribution is 2.66. The van der Waals surface area contributed by atoms with Crippen molar-refractivity contribution >= 4 is 35.3 Å². The minimum Gasteiger partial charge on any atom is -0.382 e. The van der Waals surface area contributed by atoms with E-state index in [9.17, 15) is 28.8 Å². The van der Waals surface area contributed by atoms with Crippen LogP contribution in [0.15, 0.2) is 23.8 Å². The van der Waals surface area contributed by atoms with E-state index in [2.05, 4.69) is 0 Å². The van der Waals surface area contributed by atoms with Crippen LogP contribution in [0.2, 0.25) is 0 Å². The molecule has 0 radical (unpaired) electrons. The number of carbonyl (C=O) groups is 6.